The molecule has 1 heterocycles. The maximum atomic E-state index is 13.7. The summed E-state index contributed by atoms with van der Waals surface area (Å²) in [5.74, 6) is -3.88. The molecule has 0 bridgehead atoms. The molecular formula is C13H7ClF2N2O3. The third kappa shape index (κ3) is 3.32. The van der Waals surface area contributed by atoms with Crippen LogP contribution in [0.5, 0.6) is 0 Å². The summed E-state index contributed by atoms with van der Waals surface area (Å²) in [6.07, 6.45) is 0.835. The molecule has 0 saturated heterocycles. The van der Waals surface area contributed by atoms with Gasteiger partial charge in [-0.05, 0) is 24.3 Å². The Morgan fingerprint density at radius 3 is 2.57 bits per heavy atom. The van der Waals surface area contributed by atoms with Gasteiger partial charge >= 0.3 is 5.97 Å². The van der Waals surface area contributed by atoms with E-state index >= 15 is 0 Å². The van der Waals surface area contributed by atoms with Crippen LogP contribution in [0, 0.1) is 11.6 Å². The van der Waals surface area contributed by atoms with Crippen LogP contribution in [-0.2, 0) is 0 Å². The lowest BCUT2D eigenvalue weighted by Gasteiger charge is -2.08. The zero-order valence-corrected chi connectivity index (χ0v) is 11.0. The number of aromatic nitrogens is 1. The zero-order valence-electron chi connectivity index (χ0n) is 10.2. The van der Waals surface area contributed by atoms with Gasteiger partial charge in [0.1, 0.15) is 16.8 Å². The molecule has 2 aromatic rings. The standard InChI is InChI=1S/C13H7ClF2N2O3/c14-11-8(4-7(15)5-17-11)12(19)18-10-2-1-6(13(20)21)3-9(10)16/h1-5H,(H,18,19)(H,20,21). The van der Waals surface area contributed by atoms with Crippen LogP contribution >= 0.6 is 11.6 Å². The van der Waals surface area contributed by atoms with Crippen LogP contribution in [0.25, 0.3) is 0 Å². The lowest BCUT2D eigenvalue weighted by atomic mass is 10.2. The van der Waals surface area contributed by atoms with Crippen molar-refractivity contribution >= 4 is 29.2 Å². The summed E-state index contributed by atoms with van der Waals surface area (Å²) in [4.78, 5) is 26.0. The summed E-state index contributed by atoms with van der Waals surface area (Å²) < 4.78 is 26.7. The number of carbonyl (C=O) groups excluding carboxylic acids is 1. The minimum absolute atomic E-state index is 0.239. The lowest BCUT2D eigenvalue weighted by Crippen LogP contribution is -2.14. The van der Waals surface area contributed by atoms with Crippen molar-refractivity contribution in [2.24, 2.45) is 0 Å². The highest BCUT2D eigenvalue weighted by Gasteiger charge is 2.15. The summed E-state index contributed by atoms with van der Waals surface area (Å²) in [6, 6.07) is 3.81. The van der Waals surface area contributed by atoms with Gasteiger partial charge in [-0.3, -0.25) is 4.79 Å². The maximum Gasteiger partial charge on any atom is 0.335 e. The Kier molecular flexibility index (Phi) is 4.13. The first kappa shape index (κ1) is 14.9. The third-order valence-electron chi connectivity index (χ3n) is 2.51. The van der Waals surface area contributed by atoms with Gasteiger partial charge in [0.15, 0.2) is 0 Å². The van der Waals surface area contributed by atoms with E-state index in [4.69, 9.17) is 16.7 Å². The van der Waals surface area contributed by atoms with E-state index in [0.29, 0.717) is 0 Å². The summed E-state index contributed by atoms with van der Waals surface area (Å²) in [6.45, 7) is 0. The van der Waals surface area contributed by atoms with Gasteiger partial charge in [0.05, 0.1) is 23.0 Å². The quantitative estimate of drug-likeness (QED) is 0.854. The first-order valence-electron chi connectivity index (χ1n) is 5.53. The van der Waals surface area contributed by atoms with Crippen molar-refractivity contribution < 1.29 is 23.5 Å². The molecule has 21 heavy (non-hydrogen) atoms. The minimum Gasteiger partial charge on any atom is -0.478 e. The van der Waals surface area contributed by atoms with E-state index in [2.05, 4.69) is 10.3 Å². The molecule has 0 atom stereocenters. The summed E-state index contributed by atoms with van der Waals surface area (Å²) >= 11 is 5.65. The molecule has 0 saturated carbocycles. The number of nitrogens with zero attached hydrogens (tertiary/aromatic N) is 1. The fourth-order valence-corrected chi connectivity index (χ4v) is 1.71. The third-order valence-corrected chi connectivity index (χ3v) is 2.82. The molecule has 2 rings (SSSR count). The van der Waals surface area contributed by atoms with E-state index in [-0.39, 0.29) is 22.0 Å². The molecule has 0 unspecified atom stereocenters. The van der Waals surface area contributed by atoms with Crippen LogP contribution in [0.1, 0.15) is 20.7 Å². The van der Waals surface area contributed by atoms with E-state index < -0.39 is 23.5 Å². The van der Waals surface area contributed by atoms with Crippen molar-refractivity contribution in [1.29, 1.82) is 0 Å². The van der Waals surface area contributed by atoms with E-state index in [1.165, 1.54) is 0 Å². The fourth-order valence-electron chi connectivity index (χ4n) is 1.52. The Morgan fingerprint density at radius 2 is 1.95 bits per heavy atom. The smallest absolute Gasteiger partial charge is 0.335 e. The summed E-state index contributed by atoms with van der Waals surface area (Å²) in [7, 11) is 0. The van der Waals surface area contributed by atoms with Crippen molar-refractivity contribution in [3.05, 3.63) is 58.4 Å². The molecule has 0 aliphatic rings. The van der Waals surface area contributed by atoms with Gasteiger partial charge in [-0.25, -0.2) is 18.6 Å². The normalized spacial score (nSPS) is 10.2. The number of pyridine rings is 1. The topological polar surface area (TPSA) is 79.3 Å². The van der Waals surface area contributed by atoms with Crippen molar-refractivity contribution in [3.63, 3.8) is 0 Å². The van der Waals surface area contributed by atoms with Gasteiger partial charge in [0.25, 0.3) is 5.91 Å². The van der Waals surface area contributed by atoms with Crippen LogP contribution in [0.2, 0.25) is 5.15 Å². The number of anilines is 1. The largest absolute Gasteiger partial charge is 0.478 e. The second-order valence-electron chi connectivity index (χ2n) is 3.95. The first-order valence-corrected chi connectivity index (χ1v) is 5.91. The highest BCUT2D eigenvalue weighted by atomic mass is 35.5. The Labute approximate surface area is 122 Å². The predicted molar refractivity (Wildman–Crippen MR) is 70.5 cm³/mol. The fraction of sp³-hybridized carbons (Fsp3) is 0. The highest BCUT2D eigenvalue weighted by Crippen LogP contribution is 2.19. The molecule has 8 heteroatoms. The monoisotopic (exact) mass is 312 g/mol. The first-order chi connectivity index (χ1) is 9.88. The number of amides is 1. The molecule has 1 aromatic carbocycles. The molecule has 0 aliphatic heterocycles. The Balaban J connectivity index is 2.27. The second-order valence-corrected chi connectivity index (χ2v) is 4.30. The Hall–Kier alpha value is -2.54. The number of carboxylic acids is 1. The van der Waals surface area contributed by atoms with Gasteiger partial charge in [0, 0.05) is 0 Å². The number of rotatable bonds is 3. The number of halogens is 3. The van der Waals surface area contributed by atoms with E-state index in [1.807, 2.05) is 0 Å². The van der Waals surface area contributed by atoms with Gasteiger partial charge in [-0.15, -0.1) is 0 Å². The van der Waals surface area contributed by atoms with Gasteiger partial charge < -0.3 is 10.4 Å². The van der Waals surface area contributed by atoms with E-state index in [9.17, 15) is 18.4 Å². The van der Waals surface area contributed by atoms with Crippen molar-refractivity contribution in [1.82, 2.24) is 4.98 Å². The van der Waals surface area contributed by atoms with Crippen LogP contribution < -0.4 is 5.32 Å². The lowest BCUT2D eigenvalue weighted by molar-refractivity contribution is 0.0696. The molecule has 0 spiro atoms. The average Bonchev–Trinajstić information content (AvgIpc) is 2.43. The Bertz CT molecular complexity index is 737. The van der Waals surface area contributed by atoms with Gasteiger partial charge in [-0.1, -0.05) is 11.6 Å². The van der Waals surface area contributed by atoms with Gasteiger partial charge in [-0.2, -0.15) is 0 Å². The van der Waals surface area contributed by atoms with Crippen LogP contribution in [0.15, 0.2) is 30.5 Å². The number of carbonyl (C=O) groups is 2. The molecule has 2 N–H and O–H groups in total. The van der Waals surface area contributed by atoms with Gasteiger partial charge in [0.2, 0.25) is 0 Å². The van der Waals surface area contributed by atoms with E-state index in [0.717, 1.165) is 30.5 Å². The Morgan fingerprint density at radius 1 is 1.24 bits per heavy atom. The minimum atomic E-state index is -1.30. The molecular weight excluding hydrogens is 306 g/mol. The molecule has 1 aromatic heterocycles. The number of carboxylic acid groups (broad SMARTS) is 1. The maximum absolute atomic E-state index is 13.7. The van der Waals surface area contributed by atoms with Crippen LogP contribution in [0.3, 0.4) is 0 Å². The predicted octanol–water partition coefficient (Wildman–Crippen LogP) is 2.96. The molecule has 0 radical (unpaired) electrons. The summed E-state index contributed by atoms with van der Waals surface area (Å²) in [5.41, 5.74) is -0.792. The van der Waals surface area contributed by atoms with Crippen molar-refractivity contribution in [2.75, 3.05) is 5.32 Å². The zero-order chi connectivity index (χ0) is 15.6. The SMILES string of the molecule is O=C(O)c1ccc(NC(=O)c2cc(F)cnc2Cl)c(F)c1. The number of hydrogen-bond acceptors (Lipinski definition) is 3. The highest BCUT2D eigenvalue weighted by molar-refractivity contribution is 6.33. The molecule has 0 aliphatic carbocycles. The van der Waals surface area contributed by atoms with Crippen molar-refractivity contribution in [3.8, 4) is 0 Å². The number of benzene rings is 1. The number of nitrogens with one attached hydrogen (secondary N) is 1. The summed E-state index contributed by atoms with van der Waals surface area (Å²) in [5, 5.41) is 10.6. The molecule has 5 nitrogen and oxygen atoms in total. The molecule has 108 valence electrons. The number of aromatic carboxylic acids is 1. The van der Waals surface area contributed by atoms with Crippen LogP contribution in [-0.4, -0.2) is 22.0 Å². The molecule has 0 fully saturated rings. The van der Waals surface area contributed by atoms with E-state index in [1.54, 1.807) is 0 Å². The second kappa shape index (κ2) is 5.84. The average molecular weight is 313 g/mol. The van der Waals surface area contributed by atoms with Crippen LogP contribution in [0.4, 0.5) is 14.5 Å². The number of hydrogen-bond donors (Lipinski definition) is 2. The van der Waals surface area contributed by atoms with Crippen molar-refractivity contribution in [2.45, 2.75) is 0 Å². The molecule has 1 amide bonds.